The van der Waals surface area contributed by atoms with Gasteiger partial charge in [-0.15, -0.1) is 0 Å². The number of nitrogens with one attached hydrogen (secondary N) is 1. The molecule has 0 aromatic heterocycles. The van der Waals surface area contributed by atoms with E-state index in [4.69, 9.17) is 21.1 Å². The third kappa shape index (κ3) is 6.84. The van der Waals surface area contributed by atoms with Gasteiger partial charge in [-0.05, 0) is 51.0 Å². The van der Waals surface area contributed by atoms with E-state index < -0.39 is 0 Å². The highest BCUT2D eigenvalue weighted by Gasteiger charge is 2.26. The molecule has 0 unspecified atom stereocenters. The number of hydrogen-bond acceptors (Lipinski definition) is 5. The summed E-state index contributed by atoms with van der Waals surface area (Å²) in [5.74, 6) is 0.161. The van der Waals surface area contributed by atoms with E-state index in [0.29, 0.717) is 53.4 Å². The van der Waals surface area contributed by atoms with Gasteiger partial charge in [0.1, 0.15) is 18.5 Å². The fourth-order valence-electron chi connectivity index (χ4n) is 4.76. The van der Waals surface area contributed by atoms with E-state index in [1.165, 1.54) is 0 Å². The van der Waals surface area contributed by atoms with Crippen LogP contribution in [-0.4, -0.2) is 48.4 Å². The number of carbonyl (C=O) groups is 3. The van der Waals surface area contributed by atoms with Gasteiger partial charge in [-0.3, -0.25) is 9.59 Å². The Labute approximate surface area is 228 Å². The lowest BCUT2D eigenvalue weighted by Gasteiger charge is -2.32. The van der Waals surface area contributed by atoms with Crippen molar-refractivity contribution in [2.24, 2.45) is 0 Å². The maximum Gasteiger partial charge on any atom is 0.410 e. The molecule has 2 aliphatic rings. The third-order valence-corrected chi connectivity index (χ3v) is 7.15. The predicted molar refractivity (Wildman–Crippen MR) is 146 cm³/mol. The summed E-state index contributed by atoms with van der Waals surface area (Å²) in [6.45, 7) is 7.09. The molecule has 2 aromatic rings. The molecule has 0 radical (unpaired) electrons. The van der Waals surface area contributed by atoms with Crippen LogP contribution >= 0.6 is 11.6 Å². The largest absolute Gasteiger partial charge is 0.490 e. The number of halogens is 1. The van der Waals surface area contributed by atoms with Gasteiger partial charge in [-0.1, -0.05) is 53.1 Å². The van der Waals surface area contributed by atoms with Crippen molar-refractivity contribution in [2.45, 2.75) is 52.7 Å². The van der Waals surface area contributed by atoms with E-state index in [9.17, 15) is 14.4 Å². The smallest absolute Gasteiger partial charge is 0.410 e. The predicted octanol–water partition coefficient (Wildman–Crippen LogP) is 5.79. The molecular weight excluding hydrogens is 504 g/mol. The van der Waals surface area contributed by atoms with Gasteiger partial charge >= 0.3 is 6.09 Å². The monoisotopic (exact) mass is 536 g/mol. The summed E-state index contributed by atoms with van der Waals surface area (Å²) >= 11 is 6.34. The maximum absolute atomic E-state index is 13.0. The molecule has 0 saturated carbocycles. The zero-order valence-corrected chi connectivity index (χ0v) is 22.8. The van der Waals surface area contributed by atoms with Gasteiger partial charge in [0.05, 0.1) is 0 Å². The SMILES string of the molecule is CC1=CC(=O)C(CNC(=O)c2cc(Cl)cc(OC3CCN(C(=O)OCc4ccccc4)CC3)c2C)=C(C)C1. The minimum Gasteiger partial charge on any atom is -0.490 e. The van der Waals surface area contributed by atoms with Crippen molar-refractivity contribution in [2.75, 3.05) is 19.6 Å². The number of ether oxygens (including phenoxy) is 2. The van der Waals surface area contributed by atoms with Crippen molar-refractivity contribution in [1.29, 1.82) is 0 Å². The second-order valence-electron chi connectivity index (χ2n) is 9.89. The van der Waals surface area contributed by atoms with E-state index in [1.54, 1.807) is 23.1 Å². The fourth-order valence-corrected chi connectivity index (χ4v) is 4.97. The summed E-state index contributed by atoms with van der Waals surface area (Å²) in [6, 6.07) is 12.9. The minimum atomic E-state index is -0.336. The van der Waals surface area contributed by atoms with Crippen LogP contribution in [0.1, 0.15) is 54.6 Å². The van der Waals surface area contributed by atoms with E-state index >= 15 is 0 Å². The Balaban J connectivity index is 1.32. The first-order valence-corrected chi connectivity index (χ1v) is 13.2. The van der Waals surface area contributed by atoms with E-state index in [0.717, 1.165) is 23.1 Å². The molecule has 1 aliphatic heterocycles. The summed E-state index contributed by atoms with van der Waals surface area (Å²) in [6.07, 6.45) is 3.17. The maximum atomic E-state index is 13.0. The summed E-state index contributed by atoms with van der Waals surface area (Å²) in [7, 11) is 0. The highest BCUT2D eigenvalue weighted by atomic mass is 35.5. The van der Waals surface area contributed by atoms with Gasteiger partial charge in [-0.2, -0.15) is 0 Å². The highest BCUT2D eigenvalue weighted by Crippen LogP contribution is 2.30. The number of carbonyl (C=O) groups excluding carboxylic acids is 3. The number of rotatable bonds is 7. The number of amides is 2. The van der Waals surface area contributed by atoms with Gasteiger partial charge in [0, 0.05) is 54.2 Å². The number of piperidine rings is 1. The second-order valence-corrected chi connectivity index (χ2v) is 10.3. The van der Waals surface area contributed by atoms with E-state index in [2.05, 4.69) is 5.32 Å². The number of allylic oxidation sites excluding steroid dienone is 3. The lowest BCUT2D eigenvalue weighted by molar-refractivity contribution is -0.111. The van der Waals surface area contributed by atoms with Crippen LogP contribution in [0.4, 0.5) is 4.79 Å². The zero-order valence-electron chi connectivity index (χ0n) is 22.0. The number of ketones is 1. The van der Waals surface area contributed by atoms with Gasteiger partial charge in [0.25, 0.3) is 5.91 Å². The molecule has 38 heavy (non-hydrogen) atoms. The second kappa shape index (κ2) is 12.3. The minimum absolute atomic E-state index is 0.0614. The normalized spacial score (nSPS) is 16.3. The lowest BCUT2D eigenvalue weighted by atomic mass is 9.92. The Morgan fingerprint density at radius 1 is 1.08 bits per heavy atom. The first-order chi connectivity index (χ1) is 18.2. The molecule has 0 atom stereocenters. The average Bonchev–Trinajstić information content (AvgIpc) is 2.89. The molecule has 0 bridgehead atoms. The van der Waals surface area contributed by atoms with Crippen LogP contribution in [0.25, 0.3) is 0 Å². The number of hydrogen-bond donors (Lipinski definition) is 1. The Kier molecular flexibility index (Phi) is 8.89. The average molecular weight is 537 g/mol. The number of likely N-dealkylation sites (tertiary alicyclic amines) is 1. The van der Waals surface area contributed by atoms with Crippen molar-refractivity contribution < 1.29 is 23.9 Å². The topological polar surface area (TPSA) is 84.9 Å². The van der Waals surface area contributed by atoms with Gasteiger partial charge < -0.3 is 19.7 Å². The molecular formula is C30H33ClN2O5. The van der Waals surface area contributed by atoms with Crippen LogP contribution in [-0.2, 0) is 16.1 Å². The third-order valence-electron chi connectivity index (χ3n) is 6.93. The quantitative estimate of drug-likeness (QED) is 0.484. The Bertz CT molecular complexity index is 1280. The molecule has 7 nitrogen and oxygen atoms in total. The van der Waals surface area contributed by atoms with Crippen LogP contribution in [0.5, 0.6) is 5.75 Å². The summed E-state index contributed by atoms with van der Waals surface area (Å²) in [4.78, 5) is 39.5. The molecule has 1 N–H and O–H groups in total. The summed E-state index contributed by atoms with van der Waals surface area (Å²) in [5, 5.41) is 3.26. The van der Waals surface area contributed by atoms with Gasteiger partial charge in [0.15, 0.2) is 5.78 Å². The number of nitrogens with zero attached hydrogens (tertiary/aromatic N) is 1. The molecule has 2 amide bonds. The molecule has 1 saturated heterocycles. The highest BCUT2D eigenvalue weighted by molar-refractivity contribution is 6.31. The Hall–Kier alpha value is -3.58. The van der Waals surface area contributed by atoms with Crippen molar-refractivity contribution in [3.8, 4) is 5.75 Å². The molecule has 2 aromatic carbocycles. The molecule has 1 heterocycles. The summed E-state index contributed by atoms with van der Waals surface area (Å²) < 4.78 is 11.7. The molecule has 1 fully saturated rings. The Morgan fingerprint density at radius 3 is 2.47 bits per heavy atom. The van der Waals surface area contributed by atoms with Crippen LogP contribution in [0.3, 0.4) is 0 Å². The van der Waals surface area contributed by atoms with E-state index in [-0.39, 0.29) is 37.0 Å². The van der Waals surface area contributed by atoms with Crippen LogP contribution in [0, 0.1) is 6.92 Å². The van der Waals surface area contributed by atoms with Gasteiger partial charge in [0.2, 0.25) is 0 Å². The standard InChI is InChI=1S/C30H33ClN2O5/c1-19-13-20(2)26(27(34)14-19)17-32-29(35)25-15-23(31)16-28(21(25)3)38-24-9-11-33(12-10-24)30(36)37-18-22-7-5-4-6-8-22/h4-8,14-16,24H,9-13,17-18H2,1-3H3,(H,32,35). The van der Waals surface area contributed by atoms with Crippen LogP contribution in [0.2, 0.25) is 5.02 Å². The van der Waals surface area contributed by atoms with Crippen molar-refractivity contribution in [1.82, 2.24) is 10.2 Å². The van der Waals surface area contributed by atoms with Crippen LogP contribution in [0.15, 0.2) is 65.3 Å². The molecule has 200 valence electrons. The lowest BCUT2D eigenvalue weighted by Crippen LogP contribution is -2.42. The van der Waals surface area contributed by atoms with Crippen LogP contribution < -0.4 is 10.1 Å². The number of benzene rings is 2. The van der Waals surface area contributed by atoms with E-state index in [1.807, 2.05) is 51.1 Å². The van der Waals surface area contributed by atoms with Crippen molar-refractivity contribution in [3.63, 3.8) is 0 Å². The van der Waals surface area contributed by atoms with Crippen molar-refractivity contribution >= 4 is 29.4 Å². The first kappa shape index (κ1) is 27.5. The molecule has 4 rings (SSSR count). The van der Waals surface area contributed by atoms with Gasteiger partial charge in [-0.25, -0.2) is 4.79 Å². The fraction of sp³-hybridized carbons (Fsp3) is 0.367. The van der Waals surface area contributed by atoms with Crippen molar-refractivity contribution in [3.05, 3.63) is 87.0 Å². The molecule has 1 aliphatic carbocycles. The molecule has 8 heteroatoms. The summed E-state index contributed by atoms with van der Waals surface area (Å²) in [5.41, 5.74) is 4.63. The zero-order chi connectivity index (χ0) is 27.2. The molecule has 0 spiro atoms. The first-order valence-electron chi connectivity index (χ1n) is 12.8. The Morgan fingerprint density at radius 2 is 1.79 bits per heavy atom.